The summed E-state index contributed by atoms with van der Waals surface area (Å²) in [6.45, 7) is 5.30. The Kier molecular flexibility index (Phi) is 10.6. The van der Waals surface area contributed by atoms with Crippen LogP contribution < -0.4 is 4.74 Å². The Morgan fingerprint density at radius 3 is 1.83 bits per heavy atom. The van der Waals surface area contributed by atoms with Gasteiger partial charge in [-0.1, -0.05) is 83.8 Å². The van der Waals surface area contributed by atoms with Gasteiger partial charge in [0.15, 0.2) is 0 Å². The molecule has 0 radical (unpaired) electrons. The van der Waals surface area contributed by atoms with Crippen LogP contribution in [0, 0.1) is 23.7 Å². The molecule has 2 aliphatic carbocycles. The zero-order valence-electron chi connectivity index (χ0n) is 20.0. The van der Waals surface area contributed by atoms with E-state index < -0.39 is 0 Å². The highest BCUT2D eigenvalue weighted by atomic mass is 16.5. The average molecular weight is 413 g/mol. The van der Waals surface area contributed by atoms with Crippen LogP contribution in [0.15, 0.2) is 24.3 Å². The van der Waals surface area contributed by atoms with Crippen molar-refractivity contribution in [2.75, 3.05) is 6.61 Å². The van der Waals surface area contributed by atoms with Gasteiger partial charge in [-0.05, 0) is 86.3 Å². The second-order valence-corrected chi connectivity index (χ2v) is 10.4. The minimum atomic E-state index is 0.823. The maximum Gasteiger partial charge on any atom is 0.119 e. The number of hydrogen-bond acceptors (Lipinski definition) is 1. The Hall–Kier alpha value is -0.980. The molecule has 2 aliphatic rings. The van der Waals surface area contributed by atoms with Gasteiger partial charge in [0, 0.05) is 0 Å². The Labute approximate surface area is 187 Å². The fourth-order valence-electron chi connectivity index (χ4n) is 6.10. The van der Waals surface area contributed by atoms with E-state index in [4.69, 9.17) is 4.74 Å². The highest BCUT2D eigenvalue weighted by Gasteiger charge is 2.30. The summed E-state index contributed by atoms with van der Waals surface area (Å²) in [5.41, 5.74) is 1.48. The molecule has 170 valence electrons. The summed E-state index contributed by atoms with van der Waals surface area (Å²) in [6, 6.07) is 8.86. The molecule has 1 heteroatoms. The first-order valence-electron chi connectivity index (χ1n) is 13.5. The Balaban J connectivity index is 1.29. The summed E-state index contributed by atoms with van der Waals surface area (Å²) >= 11 is 0. The van der Waals surface area contributed by atoms with Crippen LogP contribution in [-0.4, -0.2) is 6.61 Å². The lowest BCUT2D eigenvalue weighted by atomic mass is 9.68. The van der Waals surface area contributed by atoms with Crippen LogP contribution in [0.3, 0.4) is 0 Å². The van der Waals surface area contributed by atoms with Crippen LogP contribution in [0.2, 0.25) is 0 Å². The summed E-state index contributed by atoms with van der Waals surface area (Å²) in [4.78, 5) is 0. The van der Waals surface area contributed by atoms with Gasteiger partial charge in [0.2, 0.25) is 0 Å². The fraction of sp³-hybridized carbons (Fsp3) is 0.793. The maximum absolute atomic E-state index is 5.71. The summed E-state index contributed by atoms with van der Waals surface area (Å²) in [7, 11) is 0. The lowest BCUT2D eigenvalue weighted by Crippen LogP contribution is -2.26. The summed E-state index contributed by atoms with van der Waals surface area (Å²) < 4.78 is 5.71. The van der Waals surface area contributed by atoms with Crippen LogP contribution in [0.1, 0.15) is 116 Å². The van der Waals surface area contributed by atoms with Gasteiger partial charge < -0.3 is 4.74 Å². The molecule has 0 atom stereocenters. The van der Waals surface area contributed by atoms with Crippen molar-refractivity contribution in [3.8, 4) is 5.75 Å². The molecule has 1 aromatic carbocycles. The highest BCUT2D eigenvalue weighted by molar-refractivity contribution is 5.27. The van der Waals surface area contributed by atoms with E-state index in [1.165, 1.54) is 89.0 Å². The molecule has 0 aromatic heterocycles. The largest absolute Gasteiger partial charge is 0.494 e. The first kappa shape index (κ1) is 23.7. The van der Waals surface area contributed by atoms with E-state index in [2.05, 4.69) is 38.1 Å². The zero-order chi connectivity index (χ0) is 21.0. The lowest BCUT2D eigenvalue weighted by molar-refractivity contribution is 0.140. The number of aryl methyl sites for hydroxylation is 1. The first-order chi connectivity index (χ1) is 14.8. The molecule has 0 spiro atoms. The van der Waals surface area contributed by atoms with E-state index in [-0.39, 0.29) is 0 Å². The first-order valence-corrected chi connectivity index (χ1v) is 13.5. The number of hydrogen-bond donors (Lipinski definition) is 0. The molecular weight excluding hydrogens is 364 g/mol. The molecule has 0 N–H and O–H groups in total. The molecule has 3 rings (SSSR count). The number of unbranched alkanes of at least 4 members (excludes halogenated alkanes) is 3. The van der Waals surface area contributed by atoms with E-state index in [0.717, 1.165) is 42.4 Å². The third-order valence-corrected chi connectivity index (χ3v) is 8.15. The molecule has 1 nitrogen and oxygen atoms in total. The van der Waals surface area contributed by atoms with E-state index in [1.807, 2.05) is 0 Å². The molecule has 0 amide bonds. The van der Waals surface area contributed by atoms with Crippen molar-refractivity contribution < 1.29 is 4.74 Å². The number of rotatable bonds is 12. The Bertz CT molecular complexity index is 546. The van der Waals surface area contributed by atoms with Gasteiger partial charge in [-0.15, -0.1) is 0 Å². The molecule has 1 aromatic rings. The van der Waals surface area contributed by atoms with Gasteiger partial charge in [0.25, 0.3) is 0 Å². The molecule has 0 heterocycles. The third kappa shape index (κ3) is 7.93. The van der Waals surface area contributed by atoms with Crippen LogP contribution in [0.5, 0.6) is 5.75 Å². The molecule has 0 aliphatic heterocycles. The predicted molar refractivity (Wildman–Crippen MR) is 130 cm³/mol. The third-order valence-electron chi connectivity index (χ3n) is 8.15. The topological polar surface area (TPSA) is 9.23 Å². The normalized spacial score (nSPS) is 27.1. The van der Waals surface area contributed by atoms with Crippen molar-refractivity contribution in [1.29, 1.82) is 0 Å². The van der Waals surface area contributed by atoms with Crippen molar-refractivity contribution in [3.05, 3.63) is 29.8 Å². The van der Waals surface area contributed by atoms with Crippen molar-refractivity contribution in [2.45, 2.75) is 117 Å². The van der Waals surface area contributed by atoms with Crippen LogP contribution in [0.25, 0.3) is 0 Å². The van der Waals surface area contributed by atoms with E-state index in [9.17, 15) is 0 Å². The van der Waals surface area contributed by atoms with Crippen LogP contribution >= 0.6 is 0 Å². The fourth-order valence-corrected chi connectivity index (χ4v) is 6.10. The molecule has 0 bridgehead atoms. The molecular formula is C29H48O. The van der Waals surface area contributed by atoms with Crippen LogP contribution in [0.4, 0.5) is 0 Å². The second-order valence-electron chi connectivity index (χ2n) is 10.4. The van der Waals surface area contributed by atoms with Gasteiger partial charge in [0.1, 0.15) is 5.75 Å². The Morgan fingerprint density at radius 2 is 1.27 bits per heavy atom. The van der Waals surface area contributed by atoms with Gasteiger partial charge in [-0.3, -0.25) is 0 Å². The maximum atomic E-state index is 5.71. The zero-order valence-corrected chi connectivity index (χ0v) is 20.0. The number of benzene rings is 1. The highest BCUT2D eigenvalue weighted by Crippen LogP contribution is 2.43. The Morgan fingerprint density at radius 1 is 0.667 bits per heavy atom. The van der Waals surface area contributed by atoms with E-state index in [0.29, 0.717) is 0 Å². The lowest BCUT2D eigenvalue weighted by Gasteiger charge is -2.38. The van der Waals surface area contributed by atoms with Gasteiger partial charge in [-0.2, -0.15) is 0 Å². The van der Waals surface area contributed by atoms with Gasteiger partial charge in [0.05, 0.1) is 6.61 Å². The van der Waals surface area contributed by atoms with E-state index >= 15 is 0 Å². The van der Waals surface area contributed by atoms with E-state index in [1.54, 1.807) is 12.8 Å². The SMILES string of the molecule is CCCCCC[C@H]1CC[C@H]([C@H]2CC[C@H](CCc3ccc(OCCC)cc3)CC2)CC1. The monoisotopic (exact) mass is 412 g/mol. The quantitative estimate of drug-likeness (QED) is 0.311. The molecule has 0 saturated heterocycles. The molecule has 30 heavy (non-hydrogen) atoms. The minimum absolute atomic E-state index is 0.823. The number of ether oxygens (including phenoxy) is 1. The molecule has 2 fully saturated rings. The standard InChI is InChI=1S/C29H48O/c1-3-5-6-7-8-24-11-17-27(18-12-24)28-19-13-25(14-20-28)9-10-26-15-21-29(22-16-26)30-23-4-2/h15-16,21-22,24-25,27-28H,3-14,17-20,23H2,1-2H3/t24-,25-,27-,28-. The smallest absolute Gasteiger partial charge is 0.119 e. The molecule has 0 unspecified atom stereocenters. The van der Waals surface area contributed by atoms with Crippen molar-refractivity contribution in [1.82, 2.24) is 0 Å². The second kappa shape index (κ2) is 13.4. The summed E-state index contributed by atoms with van der Waals surface area (Å²) in [5.74, 6) is 5.17. The van der Waals surface area contributed by atoms with Crippen molar-refractivity contribution in [3.63, 3.8) is 0 Å². The van der Waals surface area contributed by atoms with Gasteiger partial charge in [-0.25, -0.2) is 0 Å². The predicted octanol–water partition coefficient (Wildman–Crippen LogP) is 8.99. The average Bonchev–Trinajstić information content (AvgIpc) is 2.81. The van der Waals surface area contributed by atoms with Crippen molar-refractivity contribution in [2.24, 2.45) is 23.7 Å². The molecule has 2 saturated carbocycles. The van der Waals surface area contributed by atoms with Crippen LogP contribution in [-0.2, 0) is 6.42 Å². The summed E-state index contributed by atoms with van der Waals surface area (Å²) in [5, 5.41) is 0. The van der Waals surface area contributed by atoms with Gasteiger partial charge >= 0.3 is 0 Å². The summed E-state index contributed by atoms with van der Waals surface area (Å²) in [6.07, 6.45) is 23.1. The minimum Gasteiger partial charge on any atom is -0.494 e. The van der Waals surface area contributed by atoms with Crippen molar-refractivity contribution >= 4 is 0 Å².